The predicted octanol–water partition coefficient (Wildman–Crippen LogP) is 4.51. The maximum Gasteiger partial charge on any atom is 0.390 e. The third-order valence-electron chi connectivity index (χ3n) is 4.84. The fraction of sp³-hybridized carbons (Fsp3) is 0.941. The van der Waals surface area contributed by atoms with Gasteiger partial charge in [-0.15, -0.1) is 0 Å². The SMILES string of the molecule is CCCCS(=O)(=O)[OH+]S(C)(CC(=O)C1CCCCC1)C(C)(C)C. The number of hydrogen-bond donors (Lipinski definition) is 0. The quantitative estimate of drug-likeness (QED) is 0.468. The van der Waals surface area contributed by atoms with Crippen LogP contribution in [0.3, 0.4) is 0 Å². The highest BCUT2D eigenvalue weighted by atomic mass is 32.3. The van der Waals surface area contributed by atoms with Crippen LogP contribution in [-0.4, -0.2) is 40.3 Å². The van der Waals surface area contributed by atoms with E-state index in [9.17, 15) is 13.2 Å². The Hall–Kier alpha value is -0.0700. The van der Waals surface area contributed by atoms with Gasteiger partial charge in [0.15, 0.2) is 5.78 Å². The summed E-state index contributed by atoms with van der Waals surface area (Å²) >= 11 is 0. The first-order valence-electron chi connectivity index (χ1n) is 8.76. The lowest BCUT2D eigenvalue weighted by Gasteiger charge is -2.41. The lowest BCUT2D eigenvalue weighted by molar-refractivity contribution is -0.121. The molecule has 1 aliphatic rings. The zero-order chi connectivity index (χ0) is 17.7. The highest BCUT2D eigenvalue weighted by molar-refractivity contribution is 8.33. The van der Waals surface area contributed by atoms with E-state index in [0.717, 1.165) is 32.1 Å². The van der Waals surface area contributed by atoms with Crippen molar-refractivity contribution in [2.24, 2.45) is 5.92 Å². The third kappa shape index (κ3) is 6.39. The van der Waals surface area contributed by atoms with Crippen molar-refractivity contribution in [1.29, 1.82) is 0 Å². The normalized spacial score (nSPS) is 21.6. The Balaban J connectivity index is 2.88. The van der Waals surface area contributed by atoms with Gasteiger partial charge in [0.2, 0.25) is 0 Å². The van der Waals surface area contributed by atoms with E-state index in [0.29, 0.717) is 12.2 Å². The van der Waals surface area contributed by atoms with Gasteiger partial charge >= 0.3 is 10.1 Å². The van der Waals surface area contributed by atoms with E-state index in [1.54, 1.807) is 0 Å². The molecular weight excluding hydrogens is 332 g/mol. The molecule has 1 unspecified atom stereocenters. The molecule has 0 radical (unpaired) electrons. The van der Waals surface area contributed by atoms with Gasteiger partial charge in [0.25, 0.3) is 0 Å². The number of ketones is 1. The van der Waals surface area contributed by atoms with Gasteiger partial charge in [-0.05, 0) is 50.3 Å². The van der Waals surface area contributed by atoms with E-state index >= 15 is 0 Å². The van der Waals surface area contributed by atoms with Crippen LogP contribution >= 0.6 is 10.3 Å². The van der Waals surface area contributed by atoms with Gasteiger partial charge in [0, 0.05) is 12.2 Å². The number of carbonyl (C=O) groups is 1. The first-order valence-corrected chi connectivity index (χ1v) is 12.5. The molecule has 0 aromatic carbocycles. The number of carbonyl (C=O) groups excluding carboxylic acids is 1. The average Bonchev–Trinajstić information content (AvgIpc) is 2.44. The highest BCUT2D eigenvalue weighted by Gasteiger charge is 2.45. The second kappa shape index (κ2) is 8.34. The summed E-state index contributed by atoms with van der Waals surface area (Å²) in [5.41, 5.74) is 0. The molecule has 0 aliphatic heterocycles. The first kappa shape index (κ1) is 21.0. The van der Waals surface area contributed by atoms with E-state index < -0.39 is 20.4 Å². The van der Waals surface area contributed by atoms with Crippen LogP contribution in [0.4, 0.5) is 0 Å². The van der Waals surface area contributed by atoms with Crippen LogP contribution in [-0.2, 0) is 14.9 Å². The molecule has 0 amide bonds. The summed E-state index contributed by atoms with van der Waals surface area (Å²) in [5.74, 6) is 0.754. The van der Waals surface area contributed by atoms with E-state index in [4.69, 9.17) is 0 Å². The van der Waals surface area contributed by atoms with Crippen molar-refractivity contribution in [3.8, 4) is 0 Å². The largest absolute Gasteiger partial charge is 0.390 e. The molecule has 1 aliphatic carbocycles. The molecule has 4 nitrogen and oxygen atoms in total. The molecule has 0 saturated heterocycles. The Morgan fingerprint density at radius 2 is 1.70 bits per heavy atom. The van der Waals surface area contributed by atoms with Crippen LogP contribution in [0.5, 0.6) is 0 Å². The van der Waals surface area contributed by atoms with Crippen LogP contribution in [0, 0.1) is 5.92 Å². The minimum absolute atomic E-state index is 0.0970. The molecule has 1 N–H and O–H groups in total. The molecule has 23 heavy (non-hydrogen) atoms. The summed E-state index contributed by atoms with van der Waals surface area (Å²) in [7, 11) is -5.36. The van der Waals surface area contributed by atoms with E-state index in [-0.39, 0.29) is 22.2 Å². The number of hydrogen-bond acceptors (Lipinski definition) is 3. The van der Waals surface area contributed by atoms with E-state index in [2.05, 4.69) is 3.63 Å². The maximum absolute atomic E-state index is 12.7. The van der Waals surface area contributed by atoms with Crippen molar-refractivity contribution in [2.75, 3.05) is 17.8 Å². The summed E-state index contributed by atoms with van der Waals surface area (Å²) in [6.45, 7) is 8.00. The van der Waals surface area contributed by atoms with Crippen molar-refractivity contribution >= 4 is 26.2 Å². The molecule has 0 spiro atoms. The molecule has 6 heteroatoms. The van der Waals surface area contributed by atoms with Crippen molar-refractivity contribution in [3.05, 3.63) is 0 Å². The molecule has 1 atom stereocenters. The monoisotopic (exact) mass is 367 g/mol. The lowest BCUT2D eigenvalue weighted by atomic mass is 9.87. The topological polar surface area (TPSA) is 64.0 Å². The molecule has 0 heterocycles. The van der Waals surface area contributed by atoms with Crippen molar-refractivity contribution < 1.29 is 16.8 Å². The van der Waals surface area contributed by atoms with Gasteiger partial charge in [-0.3, -0.25) is 8.42 Å². The Morgan fingerprint density at radius 1 is 1.13 bits per heavy atom. The molecule has 1 saturated carbocycles. The Morgan fingerprint density at radius 3 is 2.17 bits per heavy atom. The standard InChI is InChI=1S/C17H34O4S2/c1-6-7-13-23(19,20)21-22(5,17(2,3)4)14-16(18)15-11-9-8-10-12-15/h15H,6-14H2,1-5H3/p+1. The zero-order valence-electron chi connectivity index (χ0n) is 15.4. The second-order valence-electron chi connectivity index (χ2n) is 7.81. The smallest absolute Gasteiger partial charge is 0.298 e. The number of Topliss-reactive ketones (excluding diaryl/α,β-unsaturated/α-hetero) is 1. The van der Waals surface area contributed by atoms with Gasteiger partial charge in [-0.1, -0.05) is 32.6 Å². The molecule has 0 aromatic rings. The Bertz CT molecular complexity index is 487. The molecule has 1 rings (SSSR count). The van der Waals surface area contributed by atoms with Crippen LogP contribution in [0.2, 0.25) is 0 Å². The van der Waals surface area contributed by atoms with E-state index in [1.165, 1.54) is 6.42 Å². The van der Waals surface area contributed by atoms with Gasteiger partial charge < -0.3 is 0 Å². The van der Waals surface area contributed by atoms with Crippen LogP contribution in [0.15, 0.2) is 0 Å². The fourth-order valence-corrected chi connectivity index (χ4v) is 8.07. The summed E-state index contributed by atoms with van der Waals surface area (Å²) in [4.78, 5) is 12.7. The molecular formula is C17H35O4S2+. The molecule has 1 fully saturated rings. The van der Waals surface area contributed by atoms with Crippen molar-refractivity contribution in [1.82, 2.24) is 0 Å². The maximum atomic E-state index is 12.7. The van der Waals surface area contributed by atoms with Gasteiger partial charge in [0.1, 0.15) is 5.75 Å². The average molecular weight is 368 g/mol. The van der Waals surface area contributed by atoms with Crippen LogP contribution < -0.4 is 0 Å². The summed E-state index contributed by atoms with van der Waals surface area (Å²) in [6, 6.07) is 0. The first-order chi connectivity index (χ1) is 10.5. The van der Waals surface area contributed by atoms with Gasteiger partial charge in [0.05, 0.1) is 10.5 Å². The summed E-state index contributed by atoms with van der Waals surface area (Å²) in [5, 5.41) is 0. The molecule has 0 bridgehead atoms. The zero-order valence-corrected chi connectivity index (χ0v) is 17.1. The van der Waals surface area contributed by atoms with Crippen LogP contribution in [0.1, 0.15) is 72.6 Å². The highest BCUT2D eigenvalue weighted by Crippen LogP contribution is 2.56. The number of rotatable bonds is 8. The molecule has 0 aromatic heterocycles. The minimum Gasteiger partial charge on any atom is -0.298 e. The number of unbranched alkanes of at least 4 members (excludes halogenated alkanes) is 1. The van der Waals surface area contributed by atoms with Crippen molar-refractivity contribution in [3.63, 3.8) is 0 Å². The van der Waals surface area contributed by atoms with Crippen molar-refractivity contribution in [2.45, 2.75) is 77.4 Å². The minimum atomic E-state index is -3.45. The van der Waals surface area contributed by atoms with E-state index in [1.807, 2.05) is 34.0 Å². The second-order valence-corrected chi connectivity index (χ2v) is 13.6. The third-order valence-corrected chi connectivity index (χ3v) is 11.4. The van der Waals surface area contributed by atoms with Gasteiger partial charge in [-0.2, -0.15) is 8.42 Å². The Labute approximate surface area is 144 Å². The van der Waals surface area contributed by atoms with Gasteiger partial charge in [-0.25, -0.2) is 0 Å². The lowest BCUT2D eigenvalue weighted by Crippen LogP contribution is -2.37. The Kier molecular flexibility index (Phi) is 7.61. The predicted molar refractivity (Wildman–Crippen MR) is 101 cm³/mol. The summed E-state index contributed by atoms with van der Waals surface area (Å²) in [6.07, 6.45) is 8.73. The van der Waals surface area contributed by atoms with Crippen LogP contribution in [0.25, 0.3) is 0 Å². The fourth-order valence-electron chi connectivity index (χ4n) is 2.79. The summed E-state index contributed by atoms with van der Waals surface area (Å²) < 4.78 is 28.7. The molecule has 138 valence electrons.